The molecule has 6 heteroatoms. The molecule has 194 valence electrons. The van der Waals surface area contributed by atoms with E-state index in [9.17, 15) is 0 Å². The molecule has 0 amide bonds. The molecule has 0 unspecified atom stereocenters. The van der Waals surface area contributed by atoms with Crippen LogP contribution in [0.3, 0.4) is 0 Å². The van der Waals surface area contributed by atoms with Gasteiger partial charge in [0.25, 0.3) is 0 Å². The Balaban J connectivity index is 1.59. The molecule has 2 N–H and O–H groups in total. The van der Waals surface area contributed by atoms with Crippen LogP contribution >= 0.6 is 0 Å². The summed E-state index contributed by atoms with van der Waals surface area (Å²) in [6, 6.07) is 37.5. The van der Waals surface area contributed by atoms with Crippen molar-refractivity contribution in [1.82, 2.24) is 19.9 Å². The van der Waals surface area contributed by atoms with Crippen molar-refractivity contribution < 1.29 is 0 Å². The summed E-state index contributed by atoms with van der Waals surface area (Å²) in [5.74, 6) is 0. The van der Waals surface area contributed by atoms with Gasteiger partial charge in [0.05, 0.1) is 33.4 Å². The standard InChI is InChI=1S/C36H20N6/c1-7-19-8-2-14-23-28(19)22(13-1)37-31-32(38-23)34-36(42-27-18-6-12-21-11-5-17-26(40-34)30(21)27)35-33(31)39-24-15-3-9-20-10-4-16-25(41-35)29(20)24/h1-18,37,39H. The van der Waals surface area contributed by atoms with E-state index in [1.165, 1.54) is 0 Å². The van der Waals surface area contributed by atoms with Crippen LogP contribution in [0.5, 0.6) is 0 Å². The summed E-state index contributed by atoms with van der Waals surface area (Å²) in [4.78, 5) is 28.9. The van der Waals surface area contributed by atoms with Gasteiger partial charge < -0.3 is 9.97 Å². The van der Waals surface area contributed by atoms with Gasteiger partial charge in [-0.1, -0.05) is 72.8 Å². The van der Waals surface area contributed by atoms with E-state index in [1.54, 1.807) is 0 Å². The van der Waals surface area contributed by atoms with E-state index in [4.69, 9.17) is 20.0 Å². The maximum Gasteiger partial charge on any atom is 0.120 e. The van der Waals surface area contributed by atoms with E-state index < -0.39 is 0 Å². The molecule has 42 heavy (non-hydrogen) atoms. The first kappa shape index (κ1) is 21.9. The van der Waals surface area contributed by atoms with Gasteiger partial charge in [-0.3, -0.25) is 0 Å². The summed E-state index contributed by atoms with van der Waals surface area (Å²) in [7, 11) is 0. The summed E-state index contributed by atoms with van der Waals surface area (Å²) >= 11 is 0. The van der Waals surface area contributed by atoms with Crippen LogP contribution in [0.2, 0.25) is 0 Å². The van der Waals surface area contributed by atoms with E-state index >= 15 is 0 Å². The smallest absolute Gasteiger partial charge is 0.120 e. The molecule has 0 aliphatic carbocycles. The molecule has 10 rings (SSSR count). The normalized spacial score (nSPS) is 12.7. The van der Waals surface area contributed by atoms with Crippen molar-refractivity contribution in [3.63, 3.8) is 0 Å². The lowest BCUT2D eigenvalue weighted by molar-refractivity contribution is 1.26. The maximum absolute atomic E-state index is 5.34. The quantitative estimate of drug-likeness (QED) is 0.206. The summed E-state index contributed by atoms with van der Waals surface area (Å²) in [6.07, 6.45) is 0. The van der Waals surface area contributed by atoms with Crippen LogP contribution in [0.15, 0.2) is 119 Å². The third-order valence-corrected chi connectivity index (χ3v) is 8.47. The average Bonchev–Trinajstić information content (AvgIpc) is 3.38. The Morgan fingerprint density at radius 1 is 0.405 bits per heavy atom. The van der Waals surface area contributed by atoms with Crippen molar-refractivity contribution in [1.29, 1.82) is 0 Å². The fourth-order valence-electron chi connectivity index (χ4n) is 6.65. The molecule has 0 atom stereocenters. The van der Waals surface area contributed by atoms with Crippen LogP contribution in [0.4, 0.5) is 11.4 Å². The molecule has 1 aliphatic rings. The number of hydrogen-bond donors (Lipinski definition) is 2. The Hall–Kier alpha value is -5.88. The largest absolute Gasteiger partial charge is 0.351 e. The van der Waals surface area contributed by atoms with Crippen LogP contribution in [0.25, 0.3) is 76.5 Å². The third kappa shape index (κ3) is 2.87. The maximum atomic E-state index is 5.34. The highest BCUT2D eigenvalue weighted by Crippen LogP contribution is 2.35. The number of aromatic nitrogens is 4. The minimum atomic E-state index is 0.702. The number of fused-ring (bicyclic) bond motifs is 6. The van der Waals surface area contributed by atoms with Gasteiger partial charge >= 0.3 is 0 Å². The average molecular weight is 537 g/mol. The Morgan fingerprint density at radius 2 is 0.810 bits per heavy atom. The highest BCUT2D eigenvalue weighted by Gasteiger charge is 2.18. The fraction of sp³-hybridized carbons (Fsp3) is 0. The number of aromatic amines is 2. The second kappa shape index (κ2) is 7.86. The third-order valence-electron chi connectivity index (χ3n) is 8.47. The molecule has 2 aromatic heterocycles. The summed E-state index contributed by atoms with van der Waals surface area (Å²) in [5, 5.41) is 7.93. The molecule has 6 nitrogen and oxygen atoms in total. The second-order valence-corrected chi connectivity index (χ2v) is 10.9. The molecule has 3 heterocycles. The molecule has 0 fully saturated rings. The Kier molecular flexibility index (Phi) is 4.10. The van der Waals surface area contributed by atoms with Gasteiger partial charge in [-0.15, -0.1) is 0 Å². The molecular weight excluding hydrogens is 516 g/mol. The highest BCUT2D eigenvalue weighted by atomic mass is 14.9. The van der Waals surface area contributed by atoms with Crippen molar-refractivity contribution in [2.45, 2.75) is 0 Å². The van der Waals surface area contributed by atoms with Crippen molar-refractivity contribution >= 4 is 87.8 Å². The van der Waals surface area contributed by atoms with Gasteiger partial charge in [0.1, 0.15) is 21.7 Å². The molecule has 0 radical (unpaired) electrons. The number of H-pyrrole nitrogens is 2. The van der Waals surface area contributed by atoms with E-state index in [0.717, 1.165) is 87.8 Å². The van der Waals surface area contributed by atoms with E-state index in [-0.39, 0.29) is 0 Å². The molecule has 9 aromatic rings. The SMILES string of the molecule is c1cc2c3c(cccc3c1)N=c1c(c3nc4cccc5cccc([nH]c3c3[nH]c6cccc7cccc(nc13)c76)c54)=N2. The molecular formula is C36H20N6. The first-order chi connectivity index (χ1) is 20.8. The van der Waals surface area contributed by atoms with Gasteiger partial charge in [0, 0.05) is 27.2 Å². The number of nitrogens with zero attached hydrogens (tertiary/aromatic N) is 4. The lowest BCUT2D eigenvalue weighted by atomic mass is 10.1. The van der Waals surface area contributed by atoms with E-state index in [2.05, 4.69) is 107 Å². The van der Waals surface area contributed by atoms with E-state index in [0.29, 0.717) is 10.7 Å². The predicted octanol–water partition coefficient (Wildman–Crippen LogP) is 7.98. The number of benzene rings is 7. The molecule has 0 spiro atoms. The molecule has 7 aromatic carbocycles. The number of rotatable bonds is 0. The van der Waals surface area contributed by atoms with Crippen LogP contribution in [-0.4, -0.2) is 19.9 Å². The topological polar surface area (TPSA) is 82.1 Å². The number of nitrogens with one attached hydrogen (secondary N) is 2. The van der Waals surface area contributed by atoms with Crippen LogP contribution in [0.1, 0.15) is 0 Å². The van der Waals surface area contributed by atoms with Crippen molar-refractivity contribution in [3.8, 4) is 0 Å². The molecule has 1 aliphatic heterocycles. The molecule has 0 bridgehead atoms. The van der Waals surface area contributed by atoms with Crippen molar-refractivity contribution in [2.24, 2.45) is 9.98 Å². The fourth-order valence-corrected chi connectivity index (χ4v) is 6.65. The predicted molar refractivity (Wildman–Crippen MR) is 170 cm³/mol. The minimum Gasteiger partial charge on any atom is -0.351 e. The zero-order chi connectivity index (χ0) is 27.4. The van der Waals surface area contributed by atoms with Crippen LogP contribution in [0, 0.1) is 0 Å². The minimum absolute atomic E-state index is 0.702. The first-order valence-corrected chi connectivity index (χ1v) is 14.0. The van der Waals surface area contributed by atoms with Crippen LogP contribution < -0.4 is 10.7 Å². The number of hydrogen-bond acceptors (Lipinski definition) is 4. The van der Waals surface area contributed by atoms with Gasteiger partial charge in [0.2, 0.25) is 0 Å². The van der Waals surface area contributed by atoms with Gasteiger partial charge in [0.15, 0.2) is 0 Å². The summed E-state index contributed by atoms with van der Waals surface area (Å²) in [6.45, 7) is 0. The van der Waals surface area contributed by atoms with E-state index in [1.807, 2.05) is 12.1 Å². The van der Waals surface area contributed by atoms with Gasteiger partial charge in [-0.25, -0.2) is 20.0 Å². The Morgan fingerprint density at radius 3 is 1.29 bits per heavy atom. The monoisotopic (exact) mass is 536 g/mol. The van der Waals surface area contributed by atoms with Crippen LogP contribution in [-0.2, 0) is 0 Å². The van der Waals surface area contributed by atoms with Gasteiger partial charge in [-0.05, 0) is 52.6 Å². The molecule has 0 saturated carbocycles. The lowest BCUT2D eigenvalue weighted by Gasteiger charge is -2.03. The zero-order valence-corrected chi connectivity index (χ0v) is 22.2. The zero-order valence-electron chi connectivity index (χ0n) is 22.2. The summed E-state index contributed by atoms with van der Waals surface area (Å²) in [5.41, 5.74) is 8.64. The lowest BCUT2D eigenvalue weighted by Crippen LogP contribution is -2.28. The first-order valence-electron chi connectivity index (χ1n) is 14.0. The van der Waals surface area contributed by atoms with Crippen molar-refractivity contribution in [2.75, 3.05) is 0 Å². The second-order valence-electron chi connectivity index (χ2n) is 10.9. The van der Waals surface area contributed by atoms with Gasteiger partial charge in [-0.2, -0.15) is 0 Å². The van der Waals surface area contributed by atoms with Crippen molar-refractivity contribution in [3.05, 3.63) is 120 Å². The highest BCUT2D eigenvalue weighted by molar-refractivity contribution is 6.13. The summed E-state index contributed by atoms with van der Waals surface area (Å²) < 4.78 is 0. The Bertz CT molecular complexity index is 2600. The molecule has 0 saturated heterocycles. The Labute approximate surface area is 237 Å².